The van der Waals surface area contributed by atoms with Gasteiger partial charge in [-0.3, -0.25) is 19.4 Å². The van der Waals surface area contributed by atoms with E-state index in [-0.39, 0.29) is 24.9 Å². The van der Waals surface area contributed by atoms with Gasteiger partial charge in [-0.25, -0.2) is 9.59 Å². The number of benzene rings is 1. The number of rotatable bonds is 4. The Kier molecular flexibility index (Phi) is 4.01. The van der Waals surface area contributed by atoms with Gasteiger partial charge in [-0.1, -0.05) is 24.3 Å². The molecule has 0 bridgehead atoms. The van der Waals surface area contributed by atoms with Crippen LogP contribution in [0, 0.1) is 0 Å². The zero-order chi connectivity index (χ0) is 19.3. The molecule has 0 saturated carbocycles. The van der Waals surface area contributed by atoms with Gasteiger partial charge in [0.2, 0.25) is 0 Å². The minimum atomic E-state index is -0.896. The molecule has 1 aromatic rings. The molecule has 2 fully saturated rings. The van der Waals surface area contributed by atoms with Crippen LogP contribution in [0.2, 0.25) is 0 Å². The van der Waals surface area contributed by atoms with E-state index in [9.17, 15) is 19.2 Å². The molecule has 3 rings (SSSR count). The van der Waals surface area contributed by atoms with Crippen molar-refractivity contribution in [3.05, 3.63) is 35.4 Å². The Balaban J connectivity index is 1.68. The van der Waals surface area contributed by atoms with E-state index in [1.807, 2.05) is 0 Å². The van der Waals surface area contributed by atoms with Gasteiger partial charge in [0.15, 0.2) is 0 Å². The summed E-state index contributed by atoms with van der Waals surface area (Å²) in [4.78, 5) is 50.7. The molecule has 2 heterocycles. The van der Waals surface area contributed by atoms with Gasteiger partial charge >= 0.3 is 12.1 Å². The number of hydrogen-bond acceptors (Lipinski definition) is 4. The predicted octanol–water partition coefficient (Wildman–Crippen LogP) is 1.35. The first-order chi connectivity index (χ1) is 12.0. The van der Waals surface area contributed by atoms with Crippen LogP contribution >= 0.6 is 0 Å². The van der Waals surface area contributed by atoms with Crippen LogP contribution in [0.5, 0.6) is 0 Å². The van der Waals surface area contributed by atoms with Crippen molar-refractivity contribution in [2.75, 3.05) is 0 Å². The van der Waals surface area contributed by atoms with E-state index in [0.29, 0.717) is 0 Å². The largest absolute Gasteiger partial charge is 0.325 e. The molecule has 0 aromatic heterocycles. The maximum atomic E-state index is 12.2. The van der Waals surface area contributed by atoms with E-state index in [4.69, 9.17) is 0 Å². The number of amides is 6. The summed E-state index contributed by atoms with van der Waals surface area (Å²) in [5.41, 5.74) is -0.222. The molecule has 0 unspecified atom stereocenters. The normalized spacial score (nSPS) is 21.2. The lowest BCUT2D eigenvalue weighted by atomic mass is 10.1. The average Bonchev–Trinajstić information content (AvgIpc) is 2.86. The molecule has 0 atom stereocenters. The monoisotopic (exact) mass is 358 g/mol. The molecular formula is C18H22N4O4. The molecule has 2 aliphatic rings. The number of carbonyl (C=O) groups is 4. The van der Waals surface area contributed by atoms with Gasteiger partial charge < -0.3 is 10.6 Å². The third kappa shape index (κ3) is 3.02. The third-order valence-electron chi connectivity index (χ3n) is 4.59. The molecule has 1 aromatic carbocycles. The summed E-state index contributed by atoms with van der Waals surface area (Å²) in [6.45, 7) is 6.99. The summed E-state index contributed by atoms with van der Waals surface area (Å²) in [6.07, 6.45) is 0. The summed E-state index contributed by atoms with van der Waals surface area (Å²) < 4.78 is 0. The van der Waals surface area contributed by atoms with Gasteiger partial charge in [-0.05, 0) is 38.8 Å². The van der Waals surface area contributed by atoms with Gasteiger partial charge in [0.25, 0.3) is 11.8 Å². The maximum absolute atomic E-state index is 12.2. The Morgan fingerprint density at radius 3 is 1.23 bits per heavy atom. The van der Waals surface area contributed by atoms with Crippen molar-refractivity contribution in [2.45, 2.75) is 51.9 Å². The van der Waals surface area contributed by atoms with Crippen LogP contribution in [0.1, 0.15) is 38.8 Å². The van der Waals surface area contributed by atoms with Crippen molar-refractivity contribution >= 4 is 23.9 Å². The topological polar surface area (TPSA) is 98.8 Å². The van der Waals surface area contributed by atoms with E-state index in [1.54, 1.807) is 52.0 Å². The van der Waals surface area contributed by atoms with Crippen LogP contribution in [-0.4, -0.2) is 44.8 Å². The van der Waals surface area contributed by atoms with Crippen molar-refractivity contribution in [3.63, 3.8) is 0 Å². The van der Waals surface area contributed by atoms with Crippen molar-refractivity contribution in [1.29, 1.82) is 0 Å². The molecule has 138 valence electrons. The lowest BCUT2D eigenvalue weighted by molar-refractivity contribution is -0.131. The average molecular weight is 358 g/mol. The first-order valence-electron chi connectivity index (χ1n) is 8.37. The second-order valence-electron chi connectivity index (χ2n) is 7.71. The zero-order valence-electron chi connectivity index (χ0n) is 15.3. The summed E-state index contributed by atoms with van der Waals surface area (Å²) in [5.74, 6) is -0.540. The summed E-state index contributed by atoms with van der Waals surface area (Å²) >= 11 is 0. The molecule has 0 radical (unpaired) electrons. The Morgan fingerprint density at radius 1 is 0.692 bits per heavy atom. The molecule has 0 spiro atoms. The minimum Gasteiger partial charge on any atom is -0.324 e. The van der Waals surface area contributed by atoms with Crippen molar-refractivity contribution in [3.8, 4) is 0 Å². The van der Waals surface area contributed by atoms with Crippen LogP contribution in [0.4, 0.5) is 9.59 Å². The molecule has 2 saturated heterocycles. The van der Waals surface area contributed by atoms with Crippen LogP contribution in [0.3, 0.4) is 0 Å². The summed E-state index contributed by atoms with van der Waals surface area (Å²) in [5, 5.41) is 5.28. The number of nitrogens with zero attached hydrogens (tertiary/aromatic N) is 2. The van der Waals surface area contributed by atoms with E-state index >= 15 is 0 Å². The van der Waals surface area contributed by atoms with E-state index in [0.717, 1.165) is 11.1 Å². The van der Waals surface area contributed by atoms with Gasteiger partial charge in [0.1, 0.15) is 11.1 Å². The predicted molar refractivity (Wildman–Crippen MR) is 92.8 cm³/mol. The molecule has 8 nitrogen and oxygen atoms in total. The molecular weight excluding hydrogens is 336 g/mol. The van der Waals surface area contributed by atoms with E-state index in [2.05, 4.69) is 10.6 Å². The SMILES string of the molecule is CC1(C)NC(=O)N(Cc2ccc(CN3C(=O)NC(C)(C)C3=O)cc2)C1=O. The highest BCUT2D eigenvalue weighted by molar-refractivity contribution is 6.07. The first-order valence-corrected chi connectivity index (χ1v) is 8.37. The maximum Gasteiger partial charge on any atom is 0.325 e. The summed E-state index contributed by atoms with van der Waals surface area (Å²) in [7, 11) is 0. The molecule has 8 heteroatoms. The van der Waals surface area contributed by atoms with Gasteiger partial charge in [0, 0.05) is 0 Å². The second-order valence-corrected chi connectivity index (χ2v) is 7.71. The number of imide groups is 2. The van der Waals surface area contributed by atoms with E-state index in [1.165, 1.54) is 9.80 Å². The van der Waals surface area contributed by atoms with Gasteiger partial charge in [-0.15, -0.1) is 0 Å². The minimum absolute atomic E-state index is 0.171. The standard InChI is InChI=1S/C18H22N4O4/c1-17(2)13(23)21(15(25)19-17)9-11-5-7-12(8-6-11)10-22-14(24)18(3,4)20-16(22)26/h5-8H,9-10H2,1-4H3,(H,19,25)(H,20,26). The van der Waals surface area contributed by atoms with Crippen molar-refractivity contribution < 1.29 is 19.2 Å². The lowest BCUT2D eigenvalue weighted by Crippen LogP contribution is -2.40. The highest BCUT2D eigenvalue weighted by Crippen LogP contribution is 2.21. The quantitative estimate of drug-likeness (QED) is 0.794. The number of urea groups is 2. The lowest BCUT2D eigenvalue weighted by Gasteiger charge is -2.17. The number of hydrogen-bond donors (Lipinski definition) is 2. The number of carbonyl (C=O) groups excluding carboxylic acids is 4. The Bertz CT molecular complexity index is 731. The fourth-order valence-electron chi connectivity index (χ4n) is 3.04. The molecule has 6 amide bonds. The third-order valence-corrected chi connectivity index (χ3v) is 4.59. The molecule has 2 N–H and O–H groups in total. The van der Waals surface area contributed by atoms with Crippen LogP contribution < -0.4 is 10.6 Å². The second kappa shape index (κ2) is 5.82. The highest BCUT2D eigenvalue weighted by atomic mass is 16.2. The van der Waals surface area contributed by atoms with Crippen molar-refractivity contribution in [2.24, 2.45) is 0 Å². The van der Waals surface area contributed by atoms with Gasteiger partial charge in [0.05, 0.1) is 13.1 Å². The number of nitrogens with one attached hydrogen (secondary N) is 2. The Labute approximate surface area is 151 Å². The Morgan fingerprint density at radius 2 is 1.00 bits per heavy atom. The van der Waals surface area contributed by atoms with E-state index < -0.39 is 23.1 Å². The smallest absolute Gasteiger partial charge is 0.324 e. The van der Waals surface area contributed by atoms with Crippen LogP contribution in [-0.2, 0) is 22.7 Å². The summed E-state index contributed by atoms with van der Waals surface area (Å²) in [6, 6.07) is 6.31. The fraction of sp³-hybridized carbons (Fsp3) is 0.444. The highest BCUT2D eigenvalue weighted by Gasteiger charge is 2.45. The Hall–Kier alpha value is -2.90. The molecule has 2 aliphatic heterocycles. The molecule has 26 heavy (non-hydrogen) atoms. The first kappa shape index (κ1) is 17.9. The molecule has 0 aliphatic carbocycles. The zero-order valence-corrected chi connectivity index (χ0v) is 15.3. The van der Waals surface area contributed by atoms with Crippen LogP contribution in [0.15, 0.2) is 24.3 Å². The van der Waals surface area contributed by atoms with Gasteiger partial charge in [-0.2, -0.15) is 0 Å². The van der Waals surface area contributed by atoms with Crippen molar-refractivity contribution in [1.82, 2.24) is 20.4 Å². The van der Waals surface area contributed by atoms with Crippen LogP contribution in [0.25, 0.3) is 0 Å². The fourth-order valence-corrected chi connectivity index (χ4v) is 3.04.